The Hall–Kier alpha value is -2.45. The number of methoxy groups -OCH3 is 2. The highest BCUT2D eigenvalue weighted by Gasteiger charge is 2.14. The molecule has 0 aliphatic rings. The first kappa shape index (κ1) is 18.9. The van der Waals surface area contributed by atoms with Crippen LogP contribution >= 0.6 is 11.6 Å². The molecule has 134 valence electrons. The molecule has 0 heterocycles. The van der Waals surface area contributed by atoms with Crippen molar-refractivity contribution in [2.75, 3.05) is 30.5 Å². The molecular weight excluding hydrogens is 368 g/mol. The SMILES string of the molecule is COc1cc(NC(=O)c2cccc(NS(C)(=O)=O)c2)c(OC)cc1Cl. The van der Waals surface area contributed by atoms with Crippen LogP contribution in [0.1, 0.15) is 10.4 Å². The molecule has 0 atom stereocenters. The number of amides is 1. The lowest BCUT2D eigenvalue weighted by Gasteiger charge is -2.13. The second kappa shape index (κ2) is 7.62. The van der Waals surface area contributed by atoms with Gasteiger partial charge in [-0.3, -0.25) is 9.52 Å². The van der Waals surface area contributed by atoms with E-state index in [1.54, 1.807) is 18.2 Å². The summed E-state index contributed by atoms with van der Waals surface area (Å²) in [4.78, 5) is 12.5. The van der Waals surface area contributed by atoms with E-state index in [0.717, 1.165) is 6.26 Å². The molecule has 0 aliphatic heterocycles. The number of carbonyl (C=O) groups is 1. The number of carbonyl (C=O) groups excluding carboxylic acids is 1. The van der Waals surface area contributed by atoms with Crippen molar-refractivity contribution in [2.45, 2.75) is 0 Å². The molecule has 2 N–H and O–H groups in total. The topological polar surface area (TPSA) is 93.7 Å². The van der Waals surface area contributed by atoms with Gasteiger partial charge in [-0.15, -0.1) is 0 Å². The quantitative estimate of drug-likeness (QED) is 0.798. The molecule has 0 saturated carbocycles. The summed E-state index contributed by atoms with van der Waals surface area (Å²) in [5, 5.41) is 3.03. The maximum absolute atomic E-state index is 12.5. The number of benzene rings is 2. The van der Waals surface area contributed by atoms with Crippen LogP contribution in [-0.2, 0) is 10.0 Å². The first-order chi connectivity index (χ1) is 11.7. The van der Waals surface area contributed by atoms with Crippen LogP contribution in [0.15, 0.2) is 36.4 Å². The van der Waals surface area contributed by atoms with Crippen molar-refractivity contribution >= 4 is 38.9 Å². The van der Waals surface area contributed by atoms with E-state index in [1.807, 2.05) is 0 Å². The molecule has 0 saturated heterocycles. The van der Waals surface area contributed by atoms with Crippen molar-refractivity contribution in [2.24, 2.45) is 0 Å². The van der Waals surface area contributed by atoms with E-state index >= 15 is 0 Å². The summed E-state index contributed by atoms with van der Waals surface area (Å²) in [5.74, 6) is 0.301. The molecule has 0 aliphatic carbocycles. The van der Waals surface area contributed by atoms with Crippen LogP contribution in [-0.4, -0.2) is 34.8 Å². The lowest BCUT2D eigenvalue weighted by Crippen LogP contribution is -2.14. The molecule has 0 radical (unpaired) electrons. The van der Waals surface area contributed by atoms with E-state index in [0.29, 0.717) is 22.2 Å². The Labute approximate surface area is 151 Å². The number of sulfonamides is 1. The number of rotatable bonds is 6. The predicted molar refractivity (Wildman–Crippen MR) is 97.4 cm³/mol. The molecule has 0 aromatic heterocycles. The first-order valence-corrected chi connectivity index (χ1v) is 9.31. The number of hydrogen-bond donors (Lipinski definition) is 2. The van der Waals surface area contributed by atoms with Gasteiger partial charge in [0.15, 0.2) is 0 Å². The van der Waals surface area contributed by atoms with Gasteiger partial charge in [-0.2, -0.15) is 0 Å². The Balaban J connectivity index is 2.29. The first-order valence-electron chi connectivity index (χ1n) is 7.04. The lowest BCUT2D eigenvalue weighted by atomic mass is 10.2. The maximum Gasteiger partial charge on any atom is 0.255 e. The fraction of sp³-hybridized carbons (Fsp3) is 0.188. The summed E-state index contributed by atoms with van der Waals surface area (Å²) in [6.45, 7) is 0. The van der Waals surface area contributed by atoms with Gasteiger partial charge in [0.05, 0.1) is 31.2 Å². The summed E-state index contributed by atoms with van der Waals surface area (Å²) in [5.41, 5.74) is 0.927. The fourth-order valence-electron chi connectivity index (χ4n) is 2.09. The number of ether oxygens (including phenoxy) is 2. The molecular formula is C16H17ClN2O5S. The summed E-state index contributed by atoms with van der Waals surface area (Å²) >= 11 is 6.03. The minimum atomic E-state index is -3.44. The largest absolute Gasteiger partial charge is 0.495 e. The Morgan fingerprint density at radius 1 is 1.08 bits per heavy atom. The molecule has 9 heteroatoms. The van der Waals surface area contributed by atoms with E-state index in [4.69, 9.17) is 21.1 Å². The lowest BCUT2D eigenvalue weighted by molar-refractivity contribution is 0.102. The molecule has 2 aromatic carbocycles. The minimum absolute atomic E-state index is 0.268. The van der Waals surface area contributed by atoms with Crippen LogP contribution in [0.4, 0.5) is 11.4 Å². The minimum Gasteiger partial charge on any atom is -0.495 e. The second-order valence-corrected chi connectivity index (χ2v) is 7.25. The van der Waals surface area contributed by atoms with Crippen molar-refractivity contribution in [1.29, 1.82) is 0 Å². The van der Waals surface area contributed by atoms with Gasteiger partial charge in [0, 0.05) is 23.4 Å². The van der Waals surface area contributed by atoms with Crippen LogP contribution in [0.25, 0.3) is 0 Å². The summed E-state index contributed by atoms with van der Waals surface area (Å²) in [6, 6.07) is 9.17. The van der Waals surface area contributed by atoms with Gasteiger partial charge < -0.3 is 14.8 Å². The molecule has 0 bridgehead atoms. The monoisotopic (exact) mass is 384 g/mol. The third kappa shape index (κ3) is 5.01. The molecule has 0 fully saturated rings. The van der Waals surface area contributed by atoms with Crippen molar-refractivity contribution in [3.63, 3.8) is 0 Å². The predicted octanol–water partition coefficient (Wildman–Crippen LogP) is 2.98. The zero-order valence-electron chi connectivity index (χ0n) is 13.8. The number of halogens is 1. The Morgan fingerprint density at radius 3 is 2.36 bits per heavy atom. The smallest absolute Gasteiger partial charge is 0.255 e. The fourth-order valence-corrected chi connectivity index (χ4v) is 2.88. The molecule has 0 spiro atoms. The van der Waals surface area contributed by atoms with Crippen molar-refractivity contribution in [3.05, 3.63) is 47.0 Å². The van der Waals surface area contributed by atoms with Gasteiger partial charge in [-0.1, -0.05) is 17.7 Å². The third-order valence-corrected chi connectivity index (χ3v) is 4.05. The van der Waals surface area contributed by atoms with Gasteiger partial charge in [0.2, 0.25) is 10.0 Å². The second-order valence-electron chi connectivity index (χ2n) is 5.10. The van der Waals surface area contributed by atoms with Gasteiger partial charge in [-0.05, 0) is 18.2 Å². The Kier molecular flexibility index (Phi) is 5.76. The number of nitrogens with one attached hydrogen (secondary N) is 2. The van der Waals surface area contributed by atoms with E-state index in [-0.39, 0.29) is 11.3 Å². The van der Waals surface area contributed by atoms with Crippen LogP contribution < -0.4 is 19.5 Å². The molecule has 2 rings (SSSR count). The summed E-state index contributed by atoms with van der Waals surface area (Å²) in [6.07, 6.45) is 1.03. The van der Waals surface area contributed by atoms with Gasteiger partial charge in [-0.25, -0.2) is 8.42 Å². The molecule has 7 nitrogen and oxygen atoms in total. The highest BCUT2D eigenvalue weighted by molar-refractivity contribution is 7.92. The highest BCUT2D eigenvalue weighted by Crippen LogP contribution is 2.36. The molecule has 0 unspecified atom stereocenters. The van der Waals surface area contributed by atoms with E-state index in [1.165, 1.54) is 32.4 Å². The van der Waals surface area contributed by atoms with Gasteiger partial charge >= 0.3 is 0 Å². The van der Waals surface area contributed by atoms with Crippen LogP contribution in [0.3, 0.4) is 0 Å². The van der Waals surface area contributed by atoms with Crippen LogP contribution in [0.2, 0.25) is 5.02 Å². The Morgan fingerprint density at radius 2 is 1.76 bits per heavy atom. The Bertz CT molecular complexity index is 899. The van der Waals surface area contributed by atoms with Gasteiger partial charge in [0.1, 0.15) is 11.5 Å². The zero-order chi connectivity index (χ0) is 18.6. The maximum atomic E-state index is 12.5. The zero-order valence-corrected chi connectivity index (χ0v) is 15.4. The van der Waals surface area contributed by atoms with Crippen LogP contribution in [0.5, 0.6) is 11.5 Å². The summed E-state index contributed by atoms with van der Waals surface area (Å²) in [7, 11) is -0.529. The normalized spacial score (nSPS) is 10.9. The molecule has 2 aromatic rings. The number of anilines is 2. The molecule has 1 amide bonds. The average molecular weight is 385 g/mol. The standard InChI is InChI=1S/C16H17ClN2O5S/c1-23-14-9-13(15(24-2)8-12(14)17)18-16(20)10-5-4-6-11(7-10)19-25(3,21)22/h4-9,19H,1-3H3,(H,18,20). The van der Waals surface area contributed by atoms with Crippen molar-refractivity contribution in [1.82, 2.24) is 0 Å². The van der Waals surface area contributed by atoms with Crippen molar-refractivity contribution < 1.29 is 22.7 Å². The van der Waals surface area contributed by atoms with E-state index in [2.05, 4.69) is 10.0 Å². The summed E-state index contributed by atoms with van der Waals surface area (Å²) < 4.78 is 35.3. The molecule has 25 heavy (non-hydrogen) atoms. The van der Waals surface area contributed by atoms with Crippen molar-refractivity contribution in [3.8, 4) is 11.5 Å². The van der Waals surface area contributed by atoms with E-state index < -0.39 is 15.9 Å². The third-order valence-electron chi connectivity index (χ3n) is 3.15. The van der Waals surface area contributed by atoms with Gasteiger partial charge in [0.25, 0.3) is 5.91 Å². The van der Waals surface area contributed by atoms with E-state index in [9.17, 15) is 13.2 Å². The number of hydrogen-bond acceptors (Lipinski definition) is 5. The highest BCUT2D eigenvalue weighted by atomic mass is 35.5. The van der Waals surface area contributed by atoms with Crippen LogP contribution in [0, 0.1) is 0 Å². The average Bonchev–Trinajstić information content (AvgIpc) is 2.54.